The first-order chi connectivity index (χ1) is 6.38. The minimum atomic E-state index is -3.06. The first-order valence-electron chi connectivity index (χ1n) is 4.72. The molecule has 1 aliphatic rings. The standard InChI is InChI=1S/C8H19N3O2S/c1-10-4-5-11(2)8(7-10)6-9-14(3,12)13/h8-9H,4-7H2,1-3H3. The van der Waals surface area contributed by atoms with Gasteiger partial charge in [-0.3, -0.25) is 4.90 Å². The zero-order chi connectivity index (χ0) is 10.8. The molecule has 0 aliphatic carbocycles. The Kier molecular flexibility index (Phi) is 3.88. The van der Waals surface area contributed by atoms with E-state index in [-0.39, 0.29) is 6.04 Å². The molecule has 0 aromatic heterocycles. The molecular formula is C8H19N3O2S. The van der Waals surface area contributed by atoms with E-state index >= 15 is 0 Å². The van der Waals surface area contributed by atoms with Crippen molar-refractivity contribution in [2.45, 2.75) is 6.04 Å². The Hall–Kier alpha value is -0.170. The summed E-state index contributed by atoms with van der Waals surface area (Å²) in [6.07, 6.45) is 1.19. The number of nitrogens with one attached hydrogen (secondary N) is 1. The fourth-order valence-electron chi connectivity index (χ4n) is 1.57. The smallest absolute Gasteiger partial charge is 0.208 e. The van der Waals surface area contributed by atoms with Crippen molar-refractivity contribution in [1.82, 2.24) is 14.5 Å². The van der Waals surface area contributed by atoms with E-state index in [0.717, 1.165) is 19.6 Å². The van der Waals surface area contributed by atoms with Crippen LogP contribution in [0.1, 0.15) is 0 Å². The van der Waals surface area contributed by atoms with Gasteiger partial charge in [0.15, 0.2) is 0 Å². The average Bonchev–Trinajstić information content (AvgIpc) is 2.05. The van der Waals surface area contributed by atoms with Gasteiger partial charge >= 0.3 is 0 Å². The molecule has 0 aromatic rings. The molecule has 0 aromatic carbocycles. The van der Waals surface area contributed by atoms with Gasteiger partial charge < -0.3 is 4.90 Å². The van der Waals surface area contributed by atoms with Crippen molar-refractivity contribution in [3.8, 4) is 0 Å². The van der Waals surface area contributed by atoms with Crippen LogP contribution >= 0.6 is 0 Å². The van der Waals surface area contributed by atoms with Crippen molar-refractivity contribution in [3.63, 3.8) is 0 Å². The average molecular weight is 221 g/mol. The molecule has 1 rings (SSSR count). The highest BCUT2D eigenvalue weighted by molar-refractivity contribution is 7.88. The highest BCUT2D eigenvalue weighted by Gasteiger charge is 2.22. The van der Waals surface area contributed by atoms with Crippen molar-refractivity contribution in [2.75, 3.05) is 46.5 Å². The summed E-state index contributed by atoms with van der Waals surface area (Å²) >= 11 is 0. The van der Waals surface area contributed by atoms with Gasteiger partial charge in [-0.1, -0.05) is 0 Å². The van der Waals surface area contributed by atoms with Crippen molar-refractivity contribution < 1.29 is 8.42 Å². The number of hydrogen-bond donors (Lipinski definition) is 1. The van der Waals surface area contributed by atoms with Gasteiger partial charge in [-0.15, -0.1) is 0 Å². The monoisotopic (exact) mass is 221 g/mol. The lowest BCUT2D eigenvalue weighted by Crippen LogP contribution is -2.54. The van der Waals surface area contributed by atoms with E-state index in [1.807, 2.05) is 7.05 Å². The molecule has 14 heavy (non-hydrogen) atoms. The fraction of sp³-hybridized carbons (Fsp3) is 1.00. The third-order valence-corrected chi connectivity index (χ3v) is 3.25. The topological polar surface area (TPSA) is 52.6 Å². The number of rotatable bonds is 3. The van der Waals surface area contributed by atoms with Crippen LogP contribution in [-0.4, -0.2) is 70.8 Å². The maximum atomic E-state index is 10.9. The molecule has 1 N–H and O–H groups in total. The summed E-state index contributed by atoms with van der Waals surface area (Å²) < 4.78 is 24.4. The largest absolute Gasteiger partial charge is 0.303 e. The SMILES string of the molecule is CN1CCN(C)C(CNS(C)(=O)=O)C1. The van der Waals surface area contributed by atoms with Crippen LogP contribution in [-0.2, 0) is 10.0 Å². The number of piperazine rings is 1. The van der Waals surface area contributed by atoms with Crippen molar-refractivity contribution in [3.05, 3.63) is 0 Å². The third-order valence-electron chi connectivity index (χ3n) is 2.56. The summed E-state index contributed by atoms with van der Waals surface area (Å²) in [5.74, 6) is 0. The Labute approximate surface area is 86.1 Å². The summed E-state index contributed by atoms with van der Waals surface area (Å²) in [6.45, 7) is 3.46. The van der Waals surface area contributed by atoms with Gasteiger partial charge in [-0.2, -0.15) is 0 Å². The van der Waals surface area contributed by atoms with E-state index in [4.69, 9.17) is 0 Å². The Bertz CT molecular complexity index is 278. The molecule has 0 saturated carbocycles. The summed E-state index contributed by atoms with van der Waals surface area (Å²) in [5.41, 5.74) is 0. The molecule has 0 spiro atoms. The van der Waals surface area contributed by atoms with Gasteiger partial charge in [0.25, 0.3) is 0 Å². The van der Waals surface area contributed by atoms with Crippen LogP contribution in [0.2, 0.25) is 0 Å². The van der Waals surface area contributed by atoms with E-state index in [1.165, 1.54) is 6.26 Å². The van der Waals surface area contributed by atoms with Crippen molar-refractivity contribution >= 4 is 10.0 Å². The zero-order valence-corrected chi connectivity index (χ0v) is 9.84. The first kappa shape index (κ1) is 11.9. The van der Waals surface area contributed by atoms with E-state index < -0.39 is 10.0 Å². The lowest BCUT2D eigenvalue weighted by molar-refractivity contribution is 0.117. The van der Waals surface area contributed by atoms with Crippen molar-refractivity contribution in [1.29, 1.82) is 0 Å². The lowest BCUT2D eigenvalue weighted by atomic mass is 10.2. The summed E-state index contributed by atoms with van der Waals surface area (Å²) in [7, 11) is 1.03. The Morgan fingerprint density at radius 2 is 2.00 bits per heavy atom. The predicted molar refractivity (Wildman–Crippen MR) is 56.8 cm³/mol. The van der Waals surface area contributed by atoms with Gasteiger partial charge in [0.2, 0.25) is 10.0 Å². The van der Waals surface area contributed by atoms with E-state index in [0.29, 0.717) is 6.54 Å². The number of nitrogens with zero attached hydrogens (tertiary/aromatic N) is 2. The molecule has 0 amide bonds. The molecule has 1 saturated heterocycles. The van der Waals surface area contributed by atoms with Gasteiger partial charge in [0, 0.05) is 32.2 Å². The van der Waals surface area contributed by atoms with Crippen LogP contribution < -0.4 is 4.72 Å². The second-order valence-corrected chi connectivity index (χ2v) is 5.85. The number of likely N-dealkylation sites (N-methyl/N-ethyl adjacent to an activating group) is 2. The van der Waals surface area contributed by atoms with Gasteiger partial charge in [-0.25, -0.2) is 13.1 Å². The summed E-state index contributed by atoms with van der Waals surface area (Å²) in [5, 5.41) is 0. The molecule has 5 nitrogen and oxygen atoms in total. The van der Waals surface area contributed by atoms with Crippen LogP contribution in [0.5, 0.6) is 0 Å². The second kappa shape index (κ2) is 4.57. The van der Waals surface area contributed by atoms with Crippen LogP contribution in [0.25, 0.3) is 0 Å². The predicted octanol–water partition coefficient (Wildman–Crippen LogP) is -1.22. The molecule has 84 valence electrons. The maximum absolute atomic E-state index is 10.9. The molecule has 1 aliphatic heterocycles. The maximum Gasteiger partial charge on any atom is 0.208 e. The number of hydrogen-bond acceptors (Lipinski definition) is 4. The second-order valence-electron chi connectivity index (χ2n) is 4.02. The third kappa shape index (κ3) is 3.91. The zero-order valence-electron chi connectivity index (χ0n) is 9.02. The van der Waals surface area contributed by atoms with Crippen molar-refractivity contribution in [2.24, 2.45) is 0 Å². The summed E-state index contributed by atoms with van der Waals surface area (Å²) in [4.78, 5) is 4.41. The first-order valence-corrected chi connectivity index (χ1v) is 6.61. The molecule has 1 heterocycles. The molecule has 0 radical (unpaired) electrons. The minimum absolute atomic E-state index is 0.281. The Balaban J connectivity index is 2.42. The van der Waals surface area contributed by atoms with Crippen LogP contribution in [0.4, 0.5) is 0 Å². The summed E-state index contributed by atoms with van der Waals surface area (Å²) in [6, 6.07) is 0.281. The molecule has 1 fully saturated rings. The Morgan fingerprint density at radius 1 is 1.36 bits per heavy atom. The molecule has 1 unspecified atom stereocenters. The van der Waals surface area contributed by atoms with Crippen LogP contribution in [0.3, 0.4) is 0 Å². The van der Waals surface area contributed by atoms with E-state index in [9.17, 15) is 8.42 Å². The minimum Gasteiger partial charge on any atom is -0.303 e. The lowest BCUT2D eigenvalue weighted by Gasteiger charge is -2.37. The quantitative estimate of drug-likeness (QED) is 0.649. The molecule has 1 atom stereocenters. The molecule has 0 bridgehead atoms. The normalized spacial score (nSPS) is 26.6. The molecular weight excluding hydrogens is 202 g/mol. The van der Waals surface area contributed by atoms with Crippen LogP contribution in [0.15, 0.2) is 0 Å². The highest BCUT2D eigenvalue weighted by Crippen LogP contribution is 2.04. The van der Waals surface area contributed by atoms with E-state index in [2.05, 4.69) is 21.6 Å². The number of sulfonamides is 1. The highest BCUT2D eigenvalue weighted by atomic mass is 32.2. The van der Waals surface area contributed by atoms with E-state index in [1.54, 1.807) is 0 Å². The van der Waals surface area contributed by atoms with Gasteiger partial charge in [0.1, 0.15) is 0 Å². The van der Waals surface area contributed by atoms with Gasteiger partial charge in [0.05, 0.1) is 6.26 Å². The Morgan fingerprint density at radius 3 is 2.57 bits per heavy atom. The van der Waals surface area contributed by atoms with Crippen LogP contribution in [0, 0.1) is 0 Å². The molecule has 6 heteroatoms. The van der Waals surface area contributed by atoms with Gasteiger partial charge in [-0.05, 0) is 14.1 Å². The fourth-order valence-corrected chi connectivity index (χ4v) is 2.06.